The van der Waals surface area contributed by atoms with Gasteiger partial charge in [0.15, 0.2) is 0 Å². The van der Waals surface area contributed by atoms with Gasteiger partial charge in [0, 0.05) is 45.2 Å². The van der Waals surface area contributed by atoms with Crippen LogP contribution in [0.15, 0.2) is 18.2 Å². The van der Waals surface area contributed by atoms with Crippen LogP contribution in [0.4, 0.5) is 4.39 Å². The Kier molecular flexibility index (Phi) is 5.71. The number of morpholine rings is 1. The van der Waals surface area contributed by atoms with Crippen LogP contribution in [0.3, 0.4) is 0 Å². The normalized spacial score (nSPS) is 25.2. The first-order chi connectivity index (χ1) is 11.6. The maximum absolute atomic E-state index is 14.0. The first-order valence-electron chi connectivity index (χ1n) is 8.24. The van der Waals surface area contributed by atoms with E-state index in [1.54, 1.807) is 4.90 Å². The Morgan fingerprint density at radius 3 is 2.67 bits per heavy atom. The van der Waals surface area contributed by atoms with Crippen LogP contribution < -0.4 is 0 Å². The smallest absolute Gasteiger partial charge is 0.258 e. The van der Waals surface area contributed by atoms with Crippen molar-refractivity contribution in [1.82, 2.24) is 9.80 Å². The summed E-state index contributed by atoms with van der Waals surface area (Å²) in [6.45, 7) is 4.91. The van der Waals surface area contributed by atoms with E-state index in [-0.39, 0.29) is 29.0 Å². The first-order valence-corrected chi connectivity index (χ1v) is 8.62. The second kappa shape index (κ2) is 7.78. The molecule has 2 aliphatic heterocycles. The lowest BCUT2D eigenvalue weighted by Crippen LogP contribution is -2.41. The number of aliphatic hydroxyl groups is 1. The average molecular weight is 357 g/mol. The van der Waals surface area contributed by atoms with Gasteiger partial charge in [-0.3, -0.25) is 9.69 Å². The zero-order valence-electron chi connectivity index (χ0n) is 13.5. The number of hydrogen-bond acceptors (Lipinski definition) is 4. The molecule has 132 valence electrons. The molecule has 2 fully saturated rings. The topological polar surface area (TPSA) is 53.0 Å². The SMILES string of the molecule is O=C(c1c(F)cccc1Cl)N1C[C@@H](CN2CCOCC2)[C@@H](CO)C1. The number of carbonyl (C=O) groups is 1. The molecule has 0 saturated carbocycles. The molecule has 0 bridgehead atoms. The van der Waals surface area contributed by atoms with Crippen molar-refractivity contribution in [3.05, 3.63) is 34.6 Å². The van der Waals surface area contributed by atoms with Gasteiger partial charge in [0.2, 0.25) is 0 Å². The van der Waals surface area contributed by atoms with Gasteiger partial charge in [-0.25, -0.2) is 4.39 Å². The number of ether oxygens (including phenoxy) is 1. The Labute approximate surface area is 145 Å². The van der Waals surface area contributed by atoms with Crippen LogP contribution in [0.2, 0.25) is 5.02 Å². The molecule has 2 aliphatic rings. The van der Waals surface area contributed by atoms with Gasteiger partial charge >= 0.3 is 0 Å². The van der Waals surface area contributed by atoms with E-state index in [4.69, 9.17) is 16.3 Å². The van der Waals surface area contributed by atoms with E-state index < -0.39 is 11.7 Å². The lowest BCUT2D eigenvalue weighted by molar-refractivity contribution is 0.0264. The summed E-state index contributed by atoms with van der Waals surface area (Å²) in [7, 11) is 0. The van der Waals surface area contributed by atoms with E-state index in [1.165, 1.54) is 18.2 Å². The van der Waals surface area contributed by atoms with Crippen LogP contribution >= 0.6 is 11.6 Å². The van der Waals surface area contributed by atoms with Crippen molar-refractivity contribution >= 4 is 17.5 Å². The molecule has 2 heterocycles. The zero-order valence-corrected chi connectivity index (χ0v) is 14.2. The zero-order chi connectivity index (χ0) is 17.1. The summed E-state index contributed by atoms with van der Waals surface area (Å²) in [4.78, 5) is 16.6. The van der Waals surface area contributed by atoms with Crippen molar-refractivity contribution < 1.29 is 19.0 Å². The van der Waals surface area contributed by atoms with E-state index in [2.05, 4.69) is 4.90 Å². The molecule has 0 radical (unpaired) electrons. The maximum Gasteiger partial charge on any atom is 0.258 e. The quantitative estimate of drug-likeness (QED) is 0.888. The van der Waals surface area contributed by atoms with E-state index in [1.807, 2.05) is 0 Å². The monoisotopic (exact) mass is 356 g/mol. The molecule has 3 rings (SSSR count). The summed E-state index contributed by atoms with van der Waals surface area (Å²) >= 11 is 6.01. The molecule has 1 aromatic rings. The number of amides is 1. The molecule has 5 nitrogen and oxygen atoms in total. The van der Waals surface area contributed by atoms with Gasteiger partial charge in [-0.15, -0.1) is 0 Å². The highest BCUT2D eigenvalue weighted by Crippen LogP contribution is 2.28. The fraction of sp³-hybridized carbons (Fsp3) is 0.588. The molecule has 0 aromatic heterocycles. The Hall–Kier alpha value is -1.21. The minimum Gasteiger partial charge on any atom is -0.396 e. The predicted molar refractivity (Wildman–Crippen MR) is 88.6 cm³/mol. The van der Waals surface area contributed by atoms with E-state index in [9.17, 15) is 14.3 Å². The van der Waals surface area contributed by atoms with Crippen molar-refractivity contribution in [2.45, 2.75) is 0 Å². The number of carbonyl (C=O) groups excluding carboxylic acids is 1. The second-order valence-corrected chi connectivity index (χ2v) is 6.83. The molecule has 24 heavy (non-hydrogen) atoms. The van der Waals surface area contributed by atoms with Crippen LogP contribution in [0.1, 0.15) is 10.4 Å². The minimum atomic E-state index is -0.607. The fourth-order valence-corrected chi connectivity index (χ4v) is 3.74. The summed E-state index contributed by atoms with van der Waals surface area (Å²) in [5, 5.41) is 9.79. The molecule has 7 heteroatoms. The Bertz CT molecular complexity index is 575. The average Bonchev–Trinajstić information content (AvgIpc) is 2.98. The molecule has 1 amide bonds. The number of rotatable bonds is 4. The van der Waals surface area contributed by atoms with Gasteiger partial charge in [-0.1, -0.05) is 17.7 Å². The van der Waals surface area contributed by atoms with E-state index >= 15 is 0 Å². The Morgan fingerprint density at radius 1 is 1.29 bits per heavy atom. The standard InChI is InChI=1S/C17H22ClFN2O3/c18-14-2-1-3-15(19)16(14)17(23)21-9-12(13(10-21)11-22)8-20-4-6-24-7-5-20/h1-3,12-13,22H,4-11H2/t12-,13-/m1/s1. The van der Waals surface area contributed by atoms with E-state index in [0.29, 0.717) is 26.3 Å². The highest BCUT2D eigenvalue weighted by Gasteiger charge is 2.37. The lowest BCUT2D eigenvalue weighted by Gasteiger charge is -2.30. The summed E-state index contributed by atoms with van der Waals surface area (Å²) in [6, 6.07) is 4.24. The largest absolute Gasteiger partial charge is 0.396 e. The van der Waals surface area contributed by atoms with Crippen LogP contribution in [0.5, 0.6) is 0 Å². The highest BCUT2D eigenvalue weighted by molar-refractivity contribution is 6.33. The van der Waals surface area contributed by atoms with Crippen LogP contribution in [0.25, 0.3) is 0 Å². The fourth-order valence-electron chi connectivity index (χ4n) is 3.49. The third kappa shape index (κ3) is 3.72. The van der Waals surface area contributed by atoms with Crippen molar-refractivity contribution in [3.63, 3.8) is 0 Å². The number of aliphatic hydroxyl groups excluding tert-OH is 1. The Balaban J connectivity index is 1.70. The summed E-state index contributed by atoms with van der Waals surface area (Å²) in [5.74, 6) is -0.837. The van der Waals surface area contributed by atoms with Gasteiger partial charge in [0.05, 0.1) is 23.8 Å². The van der Waals surface area contributed by atoms with Crippen molar-refractivity contribution in [2.75, 3.05) is 52.5 Å². The summed E-state index contributed by atoms with van der Waals surface area (Å²) in [6.07, 6.45) is 0. The van der Waals surface area contributed by atoms with Crippen LogP contribution in [-0.2, 0) is 4.74 Å². The second-order valence-electron chi connectivity index (χ2n) is 6.42. The van der Waals surface area contributed by atoms with Crippen molar-refractivity contribution in [3.8, 4) is 0 Å². The maximum atomic E-state index is 14.0. The number of benzene rings is 1. The van der Waals surface area contributed by atoms with Gasteiger partial charge in [0.1, 0.15) is 5.82 Å². The third-order valence-corrected chi connectivity index (χ3v) is 5.19. The molecular weight excluding hydrogens is 335 g/mol. The number of hydrogen-bond donors (Lipinski definition) is 1. The molecule has 0 unspecified atom stereocenters. The van der Waals surface area contributed by atoms with Gasteiger partial charge in [-0.05, 0) is 18.1 Å². The predicted octanol–water partition coefficient (Wildman–Crippen LogP) is 1.49. The van der Waals surface area contributed by atoms with Gasteiger partial charge in [0.25, 0.3) is 5.91 Å². The summed E-state index contributed by atoms with van der Waals surface area (Å²) < 4.78 is 19.3. The van der Waals surface area contributed by atoms with Gasteiger partial charge in [-0.2, -0.15) is 0 Å². The van der Waals surface area contributed by atoms with E-state index in [0.717, 1.165) is 19.6 Å². The molecular formula is C17H22ClFN2O3. The first kappa shape index (κ1) is 17.6. The van der Waals surface area contributed by atoms with Crippen molar-refractivity contribution in [2.24, 2.45) is 11.8 Å². The molecule has 2 atom stereocenters. The summed E-state index contributed by atoms with van der Waals surface area (Å²) in [5.41, 5.74) is -0.0807. The minimum absolute atomic E-state index is 0.00217. The van der Waals surface area contributed by atoms with Gasteiger partial charge < -0.3 is 14.7 Å². The molecule has 0 aliphatic carbocycles. The molecule has 1 N–H and O–H groups in total. The molecule has 1 aromatic carbocycles. The van der Waals surface area contributed by atoms with Crippen LogP contribution in [-0.4, -0.2) is 73.4 Å². The van der Waals surface area contributed by atoms with Crippen molar-refractivity contribution in [1.29, 1.82) is 0 Å². The number of halogens is 2. The number of nitrogens with zero attached hydrogens (tertiary/aromatic N) is 2. The number of likely N-dealkylation sites (tertiary alicyclic amines) is 1. The Morgan fingerprint density at radius 2 is 2.00 bits per heavy atom. The lowest BCUT2D eigenvalue weighted by atomic mass is 9.96. The highest BCUT2D eigenvalue weighted by atomic mass is 35.5. The third-order valence-electron chi connectivity index (χ3n) is 4.87. The molecule has 2 saturated heterocycles. The molecule has 0 spiro atoms. The van der Waals surface area contributed by atoms with Crippen LogP contribution in [0, 0.1) is 17.7 Å².